The van der Waals surface area contributed by atoms with E-state index < -0.39 is 34.8 Å². The van der Waals surface area contributed by atoms with Gasteiger partial charge in [-0.25, -0.2) is 18.0 Å². The molecule has 1 aliphatic carbocycles. The average Bonchev–Trinajstić information content (AvgIpc) is 2.90. The van der Waals surface area contributed by atoms with Crippen LogP contribution in [-0.2, 0) is 0 Å². The fourth-order valence-electron chi connectivity index (χ4n) is 4.82. The summed E-state index contributed by atoms with van der Waals surface area (Å²) in [5, 5.41) is 0. The molecule has 0 heterocycles. The molecule has 4 rings (SSSR count). The van der Waals surface area contributed by atoms with Crippen molar-refractivity contribution in [2.45, 2.75) is 45.4 Å². The Bertz CT molecular complexity index is 1290. The van der Waals surface area contributed by atoms with Crippen LogP contribution < -0.4 is 9.47 Å². The second-order valence-electron chi connectivity index (χ2n) is 9.05. The lowest BCUT2D eigenvalue weighted by molar-refractivity contribution is 0.0728. The van der Waals surface area contributed by atoms with E-state index in [2.05, 4.69) is 6.08 Å². The zero-order valence-corrected chi connectivity index (χ0v) is 20.7. The van der Waals surface area contributed by atoms with Gasteiger partial charge in [-0.2, -0.15) is 4.39 Å². The summed E-state index contributed by atoms with van der Waals surface area (Å²) < 4.78 is 68.7. The van der Waals surface area contributed by atoms with Gasteiger partial charge in [0.2, 0.25) is 5.82 Å². The van der Waals surface area contributed by atoms with E-state index in [1.54, 1.807) is 6.92 Å². The van der Waals surface area contributed by atoms with E-state index >= 15 is 0 Å². The minimum Gasteiger partial charge on any atom is -0.491 e. The Morgan fingerprint density at radius 2 is 1.57 bits per heavy atom. The van der Waals surface area contributed by atoms with E-state index in [0.29, 0.717) is 11.5 Å². The Labute approximate surface area is 213 Å². The molecular weight excluding hydrogens is 484 g/mol. The van der Waals surface area contributed by atoms with Gasteiger partial charge in [0.15, 0.2) is 23.2 Å². The van der Waals surface area contributed by atoms with Crippen LogP contribution in [0.4, 0.5) is 17.6 Å². The third kappa shape index (κ3) is 5.71. The first-order valence-corrected chi connectivity index (χ1v) is 12.4. The summed E-state index contributed by atoms with van der Waals surface area (Å²) in [6, 6.07) is 11.0. The van der Waals surface area contributed by atoms with Crippen molar-refractivity contribution in [1.29, 1.82) is 0 Å². The molecule has 7 heteroatoms. The van der Waals surface area contributed by atoms with Gasteiger partial charge >= 0.3 is 5.97 Å². The molecule has 1 saturated carbocycles. The number of hydrogen-bond acceptors (Lipinski definition) is 3. The predicted octanol–water partition coefficient (Wildman–Crippen LogP) is 8.38. The van der Waals surface area contributed by atoms with Gasteiger partial charge in [-0.15, -0.1) is 0 Å². The van der Waals surface area contributed by atoms with Crippen molar-refractivity contribution in [3.8, 4) is 22.6 Å². The number of allylic oxidation sites excluding steroid dienone is 2. The Hall–Kier alpha value is -3.61. The van der Waals surface area contributed by atoms with Gasteiger partial charge in [0.1, 0.15) is 5.75 Å². The molecule has 0 aliphatic heterocycles. The van der Waals surface area contributed by atoms with Crippen LogP contribution in [0, 0.1) is 29.2 Å². The van der Waals surface area contributed by atoms with Crippen LogP contribution in [0.5, 0.6) is 11.5 Å². The number of carbonyl (C=O) groups is 1. The monoisotopic (exact) mass is 512 g/mol. The van der Waals surface area contributed by atoms with Crippen molar-refractivity contribution in [2.75, 3.05) is 6.61 Å². The normalized spacial score (nSPS) is 17.7. The number of ether oxygens (including phenoxy) is 2. The number of esters is 1. The third-order valence-electron chi connectivity index (χ3n) is 6.73. The number of rotatable bonds is 7. The summed E-state index contributed by atoms with van der Waals surface area (Å²) in [4.78, 5) is 12.6. The maximum absolute atomic E-state index is 14.9. The smallest absolute Gasteiger partial charge is 0.346 e. The van der Waals surface area contributed by atoms with Gasteiger partial charge in [-0.05, 0) is 92.8 Å². The first-order valence-electron chi connectivity index (χ1n) is 12.4. The summed E-state index contributed by atoms with van der Waals surface area (Å²) in [6.07, 6.45) is 7.47. The fourth-order valence-corrected chi connectivity index (χ4v) is 4.82. The minimum absolute atomic E-state index is 0.00211. The third-order valence-corrected chi connectivity index (χ3v) is 6.73. The van der Waals surface area contributed by atoms with Crippen LogP contribution in [0.3, 0.4) is 0 Å². The number of carbonyl (C=O) groups excluding carboxylic acids is 1. The lowest BCUT2D eigenvalue weighted by atomic mass is 9.78. The van der Waals surface area contributed by atoms with Crippen molar-refractivity contribution in [1.82, 2.24) is 0 Å². The highest BCUT2D eigenvalue weighted by atomic mass is 19.2. The van der Waals surface area contributed by atoms with Crippen LogP contribution in [0.2, 0.25) is 0 Å². The SMILES string of the molecule is C/C=C/C1CCC(c2ccc(C(=O)Oc3ccc(-c4ccc(OCC)c(F)c4F)cc3)c(F)c2F)CC1. The Morgan fingerprint density at radius 3 is 2.22 bits per heavy atom. The van der Waals surface area contributed by atoms with Crippen molar-refractivity contribution >= 4 is 5.97 Å². The molecular formula is C30H28F4O3. The van der Waals surface area contributed by atoms with E-state index in [-0.39, 0.29) is 35.2 Å². The largest absolute Gasteiger partial charge is 0.491 e. The van der Waals surface area contributed by atoms with Gasteiger partial charge < -0.3 is 9.47 Å². The summed E-state index contributed by atoms with van der Waals surface area (Å²) in [5.41, 5.74) is 0.113. The van der Waals surface area contributed by atoms with Gasteiger partial charge in [0.25, 0.3) is 0 Å². The molecule has 1 fully saturated rings. The molecule has 0 spiro atoms. The molecule has 0 saturated heterocycles. The van der Waals surface area contributed by atoms with Gasteiger partial charge in [-0.3, -0.25) is 0 Å². The molecule has 0 aromatic heterocycles. The van der Waals surface area contributed by atoms with E-state index in [9.17, 15) is 22.4 Å². The van der Waals surface area contributed by atoms with Gasteiger partial charge in [0, 0.05) is 5.56 Å². The average molecular weight is 513 g/mol. The van der Waals surface area contributed by atoms with Gasteiger partial charge in [-0.1, -0.05) is 30.4 Å². The highest BCUT2D eigenvalue weighted by Gasteiger charge is 2.27. The maximum atomic E-state index is 14.9. The molecule has 3 aromatic carbocycles. The molecule has 3 nitrogen and oxygen atoms in total. The van der Waals surface area contributed by atoms with E-state index in [4.69, 9.17) is 9.47 Å². The molecule has 194 valence electrons. The second-order valence-corrected chi connectivity index (χ2v) is 9.05. The number of benzene rings is 3. The Kier molecular flexibility index (Phi) is 8.31. The van der Waals surface area contributed by atoms with Crippen LogP contribution in [-0.4, -0.2) is 12.6 Å². The molecule has 0 unspecified atom stereocenters. The van der Waals surface area contributed by atoms with Crippen molar-refractivity contribution < 1.29 is 31.8 Å². The molecule has 0 radical (unpaired) electrons. The van der Waals surface area contributed by atoms with E-state index in [1.165, 1.54) is 48.5 Å². The van der Waals surface area contributed by atoms with Crippen LogP contribution in [0.15, 0.2) is 60.7 Å². The molecule has 37 heavy (non-hydrogen) atoms. The van der Waals surface area contributed by atoms with E-state index in [0.717, 1.165) is 25.7 Å². The van der Waals surface area contributed by atoms with Crippen molar-refractivity contribution in [2.24, 2.45) is 5.92 Å². The molecule has 0 amide bonds. The second kappa shape index (κ2) is 11.6. The lowest BCUT2D eigenvalue weighted by Gasteiger charge is -2.27. The molecule has 0 N–H and O–H groups in total. The maximum Gasteiger partial charge on any atom is 0.346 e. The van der Waals surface area contributed by atoms with Gasteiger partial charge in [0.05, 0.1) is 12.2 Å². The number of hydrogen-bond donors (Lipinski definition) is 0. The Morgan fingerprint density at radius 1 is 0.865 bits per heavy atom. The quantitative estimate of drug-likeness (QED) is 0.138. The zero-order chi connectivity index (χ0) is 26.5. The van der Waals surface area contributed by atoms with Crippen LogP contribution >= 0.6 is 0 Å². The van der Waals surface area contributed by atoms with Crippen LogP contribution in [0.25, 0.3) is 11.1 Å². The number of halogens is 4. The van der Waals surface area contributed by atoms with Crippen molar-refractivity contribution in [3.05, 3.63) is 95.1 Å². The lowest BCUT2D eigenvalue weighted by Crippen LogP contribution is -2.16. The molecule has 0 bridgehead atoms. The highest BCUT2D eigenvalue weighted by Crippen LogP contribution is 2.38. The molecule has 1 aliphatic rings. The van der Waals surface area contributed by atoms with Crippen molar-refractivity contribution in [3.63, 3.8) is 0 Å². The van der Waals surface area contributed by atoms with Crippen LogP contribution in [0.1, 0.15) is 61.4 Å². The zero-order valence-electron chi connectivity index (χ0n) is 20.7. The summed E-state index contributed by atoms with van der Waals surface area (Å²) in [7, 11) is 0. The fraction of sp³-hybridized carbons (Fsp3) is 0.300. The van der Waals surface area contributed by atoms with E-state index in [1.807, 2.05) is 13.0 Å². The highest BCUT2D eigenvalue weighted by molar-refractivity contribution is 5.91. The first-order chi connectivity index (χ1) is 17.8. The molecule has 0 atom stereocenters. The topological polar surface area (TPSA) is 35.5 Å². The standard InChI is InChI=1S/C30H28F4O3/c1-3-5-18-6-8-19(9-7-18)22-14-15-24(28(33)26(22)31)30(35)37-21-12-10-20(11-13-21)23-16-17-25(36-4-2)29(34)27(23)32/h3,5,10-19H,4,6-9H2,1-2H3/b5-3+. The summed E-state index contributed by atoms with van der Waals surface area (Å²) >= 11 is 0. The Balaban J connectivity index is 1.46. The summed E-state index contributed by atoms with van der Waals surface area (Å²) in [6.45, 7) is 3.83. The first kappa shape index (κ1) is 26.5. The summed E-state index contributed by atoms with van der Waals surface area (Å²) in [5.74, 6) is -5.24. The predicted molar refractivity (Wildman–Crippen MR) is 134 cm³/mol. The molecule has 3 aromatic rings. The minimum atomic E-state index is -1.23.